The van der Waals surface area contributed by atoms with Gasteiger partial charge in [0, 0.05) is 11.8 Å². The van der Waals surface area contributed by atoms with Crippen LogP contribution < -0.4 is 10.2 Å². The van der Waals surface area contributed by atoms with E-state index in [1.54, 1.807) is 25.6 Å². The number of fused-ring (bicyclic) bond motifs is 1. The fourth-order valence-corrected chi connectivity index (χ4v) is 2.73. The molecule has 0 aliphatic heterocycles. The van der Waals surface area contributed by atoms with E-state index in [0.29, 0.717) is 22.6 Å². The summed E-state index contributed by atoms with van der Waals surface area (Å²) < 4.78 is 5.21. The number of nitrogens with one attached hydrogen (secondary N) is 1. The van der Waals surface area contributed by atoms with Crippen molar-refractivity contribution in [3.63, 3.8) is 0 Å². The number of aromatic nitrogens is 3. The van der Waals surface area contributed by atoms with E-state index in [1.807, 2.05) is 54.6 Å². The summed E-state index contributed by atoms with van der Waals surface area (Å²) in [5.41, 5.74) is 5.71. The van der Waals surface area contributed by atoms with Crippen molar-refractivity contribution in [1.82, 2.24) is 15.0 Å². The number of hydrogen-bond donors (Lipinski definition) is 1. The van der Waals surface area contributed by atoms with Crippen LogP contribution in [0.3, 0.4) is 0 Å². The van der Waals surface area contributed by atoms with Crippen LogP contribution in [0.25, 0.3) is 11.0 Å². The number of halogens is 1. The van der Waals surface area contributed by atoms with Crippen LogP contribution in [0.4, 0.5) is 11.5 Å². The molecule has 1 N–H and O–H groups in total. The maximum Gasteiger partial charge on any atom is 0.212 e. The molecule has 0 saturated carbocycles. The Kier molecular flexibility index (Phi) is 5.86. The average Bonchev–Trinajstić information content (AvgIpc) is 2.80. The van der Waals surface area contributed by atoms with E-state index in [9.17, 15) is 0 Å². The molecule has 0 bridgehead atoms. The number of para-hydroxylation sites is 2. The van der Waals surface area contributed by atoms with Crippen molar-refractivity contribution < 1.29 is 4.74 Å². The molecule has 4 aromatic rings. The lowest BCUT2D eigenvalue weighted by atomic mass is 10.2. The minimum Gasteiger partial charge on any atom is -0.497 e. The molecule has 2 aromatic carbocycles. The largest absolute Gasteiger partial charge is 0.497 e. The van der Waals surface area contributed by atoms with Gasteiger partial charge in [-0.15, -0.1) is 10.2 Å². The van der Waals surface area contributed by atoms with Crippen LogP contribution in [0.15, 0.2) is 88.4 Å². The van der Waals surface area contributed by atoms with Crippen molar-refractivity contribution in [3.05, 3.63) is 83.8 Å². The number of pyridine rings is 1. The second kappa shape index (κ2) is 9.06. The molecule has 0 amide bonds. The van der Waals surface area contributed by atoms with Crippen molar-refractivity contribution in [1.29, 1.82) is 0 Å². The predicted octanol–water partition coefficient (Wildman–Crippen LogP) is 5.24. The van der Waals surface area contributed by atoms with Crippen LogP contribution in [0.2, 0.25) is 5.15 Å². The molecule has 4 rings (SSSR count). The minimum atomic E-state index is 0.159. The second-order valence-corrected chi connectivity index (χ2v) is 6.40. The highest BCUT2D eigenvalue weighted by molar-refractivity contribution is 6.31. The zero-order valence-electron chi connectivity index (χ0n) is 15.9. The van der Waals surface area contributed by atoms with Crippen molar-refractivity contribution >= 4 is 40.0 Å². The van der Waals surface area contributed by atoms with Crippen LogP contribution >= 0.6 is 11.6 Å². The molecular weight excluding hydrogens is 402 g/mol. The highest BCUT2D eigenvalue weighted by atomic mass is 35.5. The Balaban J connectivity index is 1.69. The maximum absolute atomic E-state index is 6.24. The van der Waals surface area contributed by atoms with Gasteiger partial charge in [-0.3, -0.25) is 10.4 Å². The number of anilines is 1. The Hall–Kier alpha value is -3.91. The van der Waals surface area contributed by atoms with Gasteiger partial charge >= 0.3 is 0 Å². The Labute approximate surface area is 177 Å². The standard InChI is InChI=1S/C21H16ClN7O/c1-30-16-10-8-14(9-11-16)20(27-26-15-5-4-12-23-13-15)28-29-21-19(22)24-17-6-2-3-7-18(17)25-21/h2-13,26H,1H3. The van der Waals surface area contributed by atoms with Crippen LogP contribution in [0.1, 0.15) is 5.56 Å². The first kappa shape index (κ1) is 19.4. The summed E-state index contributed by atoms with van der Waals surface area (Å²) in [6.45, 7) is 0. The fraction of sp³-hybridized carbons (Fsp3) is 0.0476. The lowest BCUT2D eigenvalue weighted by Crippen LogP contribution is -2.01. The molecule has 0 saturated heterocycles. The zero-order valence-corrected chi connectivity index (χ0v) is 16.7. The third kappa shape index (κ3) is 4.56. The lowest BCUT2D eigenvalue weighted by Gasteiger charge is -2.05. The molecule has 0 unspecified atom stereocenters. The van der Waals surface area contributed by atoms with Gasteiger partial charge in [-0.25, -0.2) is 9.97 Å². The normalized spacial score (nSPS) is 11.7. The Bertz CT molecular complexity index is 1210. The fourth-order valence-electron chi connectivity index (χ4n) is 2.56. The Morgan fingerprint density at radius 3 is 2.43 bits per heavy atom. The molecule has 9 heteroatoms. The van der Waals surface area contributed by atoms with E-state index in [1.165, 1.54) is 0 Å². The maximum atomic E-state index is 6.24. The second-order valence-electron chi connectivity index (χ2n) is 6.04. The Morgan fingerprint density at radius 2 is 1.73 bits per heavy atom. The lowest BCUT2D eigenvalue weighted by molar-refractivity contribution is 0.415. The Morgan fingerprint density at radius 1 is 0.967 bits per heavy atom. The van der Waals surface area contributed by atoms with E-state index in [2.05, 4.69) is 35.7 Å². The SMILES string of the molecule is COc1ccc(C(N=Nc2nc3ccccc3nc2Cl)=NNc2cccnc2)cc1. The number of ether oxygens (including phenoxy) is 1. The molecular formula is C21H16ClN7O. The molecule has 0 fully saturated rings. The molecule has 8 nitrogen and oxygen atoms in total. The number of rotatable bonds is 5. The summed E-state index contributed by atoms with van der Waals surface area (Å²) in [5.74, 6) is 1.25. The van der Waals surface area contributed by atoms with E-state index in [-0.39, 0.29) is 11.0 Å². The van der Waals surface area contributed by atoms with Gasteiger partial charge in [0.2, 0.25) is 11.7 Å². The molecule has 0 radical (unpaired) electrons. The molecule has 148 valence electrons. The molecule has 0 aliphatic rings. The number of hydrazone groups is 1. The summed E-state index contributed by atoms with van der Waals surface area (Å²) in [6, 6.07) is 18.3. The highest BCUT2D eigenvalue weighted by Gasteiger charge is 2.08. The summed E-state index contributed by atoms with van der Waals surface area (Å²) in [7, 11) is 1.61. The number of azo groups is 1. The van der Waals surface area contributed by atoms with Gasteiger partial charge in [0.1, 0.15) is 5.75 Å². The van der Waals surface area contributed by atoms with Crippen molar-refractivity contribution in [2.45, 2.75) is 0 Å². The molecule has 2 aromatic heterocycles. The van der Waals surface area contributed by atoms with Gasteiger partial charge in [-0.05, 0) is 48.5 Å². The molecule has 30 heavy (non-hydrogen) atoms. The van der Waals surface area contributed by atoms with E-state index in [0.717, 1.165) is 11.3 Å². The first-order chi connectivity index (χ1) is 14.7. The van der Waals surface area contributed by atoms with Crippen molar-refractivity contribution in [3.8, 4) is 5.75 Å². The molecule has 2 heterocycles. The number of benzene rings is 2. The van der Waals surface area contributed by atoms with Crippen LogP contribution in [-0.4, -0.2) is 27.9 Å². The summed E-state index contributed by atoms with van der Waals surface area (Å²) in [5, 5.41) is 13.0. The van der Waals surface area contributed by atoms with Crippen molar-refractivity contribution in [2.75, 3.05) is 12.5 Å². The summed E-state index contributed by atoms with van der Waals surface area (Å²) in [4.78, 5) is 12.8. The van der Waals surface area contributed by atoms with Gasteiger partial charge in [-0.1, -0.05) is 23.7 Å². The molecule has 0 spiro atoms. The average molecular weight is 418 g/mol. The van der Waals surface area contributed by atoms with Gasteiger partial charge in [0.15, 0.2) is 5.15 Å². The van der Waals surface area contributed by atoms with Gasteiger partial charge < -0.3 is 4.74 Å². The monoisotopic (exact) mass is 417 g/mol. The first-order valence-electron chi connectivity index (χ1n) is 8.95. The highest BCUT2D eigenvalue weighted by Crippen LogP contribution is 2.24. The zero-order chi connectivity index (χ0) is 20.8. The number of amidine groups is 1. The summed E-state index contributed by atoms with van der Waals surface area (Å²) >= 11 is 6.24. The number of hydrogen-bond acceptors (Lipinski definition) is 7. The summed E-state index contributed by atoms with van der Waals surface area (Å²) in [6.07, 6.45) is 3.33. The van der Waals surface area contributed by atoms with Crippen LogP contribution in [0.5, 0.6) is 5.75 Å². The topological polar surface area (TPSA) is 97.0 Å². The molecule has 0 atom stereocenters. The quantitative estimate of drug-likeness (QED) is 0.207. The van der Waals surface area contributed by atoms with Gasteiger partial charge in [0.25, 0.3) is 0 Å². The first-order valence-corrected chi connectivity index (χ1v) is 9.33. The third-order valence-corrected chi connectivity index (χ3v) is 4.30. The minimum absolute atomic E-state index is 0.159. The van der Waals surface area contributed by atoms with E-state index >= 15 is 0 Å². The molecule has 0 aliphatic carbocycles. The van der Waals surface area contributed by atoms with E-state index < -0.39 is 0 Å². The van der Waals surface area contributed by atoms with E-state index in [4.69, 9.17) is 16.3 Å². The van der Waals surface area contributed by atoms with Crippen molar-refractivity contribution in [2.24, 2.45) is 15.3 Å². The predicted molar refractivity (Wildman–Crippen MR) is 116 cm³/mol. The third-order valence-electron chi connectivity index (χ3n) is 4.05. The number of nitrogens with zero attached hydrogens (tertiary/aromatic N) is 6. The van der Waals surface area contributed by atoms with Crippen LogP contribution in [-0.2, 0) is 0 Å². The van der Waals surface area contributed by atoms with Gasteiger partial charge in [-0.2, -0.15) is 5.10 Å². The van der Waals surface area contributed by atoms with Gasteiger partial charge in [0.05, 0.1) is 30.0 Å². The van der Waals surface area contributed by atoms with Crippen LogP contribution in [0, 0.1) is 0 Å². The smallest absolute Gasteiger partial charge is 0.212 e. The number of methoxy groups -OCH3 is 1.